The Morgan fingerprint density at radius 2 is 1.96 bits per heavy atom. The zero-order valence-corrected chi connectivity index (χ0v) is 16.6. The molecule has 2 aliphatic rings. The molecule has 0 bridgehead atoms. The summed E-state index contributed by atoms with van der Waals surface area (Å²) in [6, 6.07) is 4.95. The van der Waals surface area contributed by atoms with Crippen molar-refractivity contribution in [1.82, 2.24) is 9.97 Å². The predicted octanol–water partition coefficient (Wildman–Crippen LogP) is 1.98. The number of sulfone groups is 1. The van der Waals surface area contributed by atoms with E-state index >= 15 is 0 Å². The minimum Gasteiger partial charge on any atom is -0.490 e. The van der Waals surface area contributed by atoms with E-state index in [1.165, 1.54) is 0 Å². The number of esters is 1. The third-order valence-corrected chi connectivity index (χ3v) is 9.00. The van der Waals surface area contributed by atoms with Gasteiger partial charge in [0.1, 0.15) is 22.6 Å². The molecule has 2 fully saturated rings. The van der Waals surface area contributed by atoms with Crippen LogP contribution >= 0.6 is 0 Å². The number of benzene rings is 1. The molecule has 1 aromatic heterocycles. The number of aromatic nitrogens is 2. The minimum atomic E-state index is -3.28. The van der Waals surface area contributed by atoms with Gasteiger partial charge in [-0.25, -0.2) is 18.2 Å². The second-order valence-corrected chi connectivity index (χ2v) is 10.6. The van der Waals surface area contributed by atoms with Crippen LogP contribution in [-0.4, -0.2) is 47.1 Å². The molecule has 28 heavy (non-hydrogen) atoms. The number of nitrogens with one attached hydrogen (secondary N) is 1. The van der Waals surface area contributed by atoms with E-state index in [1.54, 1.807) is 32.0 Å². The minimum absolute atomic E-state index is 0.0334. The SMILES string of the molecule is CCOC(=O)c1nc2cccc(OCC3(S(=O)(=O)C4(C)CC4)CC3)c2[nH]c1=O. The zero-order chi connectivity index (χ0) is 20.2. The Hall–Kier alpha value is -2.42. The first-order chi connectivity index (χ1) is 13.2. The second-order valence-electron chi connectivity index (χ2n) is 7.71. The van der Waals surface area contributed by atoms with Crippen molar-refractivity contribution < 1.29 is 22.7 Å². The van der Waals surface area contributed by atoms with Crippen LogP contribution in [0.4, 0.5) is 0 Å². The summed E-state index contributed by atoms with van der Waals surface area (Å²) in [6.07, 6.45) is 2.55. The van der Waals surface area contributed by atoms with Gasteiger partial charge in [0.2, 0.25) is 5.69 Å². The van der Waals surface area contributed by atoms with Crippen LogP contribution in [0.2, 0.25) is 0 Å². The third-order valence-electron chi connectivity index (χ3n) is 5.63. The number of carbonyl (C=O) groups is 1. The Balaban J connectivity index is 1.62. The molecule has 4 rings (SSSR count). The number of fused-ring (bicyclic) bond motifs is 1. The standard InChI is InChI=1S/C19H22N2O6S/c1-3-26-17(23)15-16(22)21-14-12(20-15)5-4-6-13(14)27-11-19(9-10-19)28(24,25)18(2)7-8-18/h4-6H,3,7-11H2,1-2H3,(H,21,22). The van der Waals surface area contributed by atoms with E-state index in [0.717, 1.165) is 0 Å². The summed E-state index contributed by atoms with van der Waals surface area (Å²) < 4.78 is 35.1. The summed E-state index contributed by atoms with van der Waals surface area (Å²) in [4.78, 5) is 30.8. The largest absolute Gasteiger partial charge is 0.490 e. The molecule has 1 heterocycles. The average molecular weight is 406 g/mol. The lowest BCUT2D eigenvalue weighted by Gasteiger charge is -2.21. The summed E-state index contributed by atoms with van der Waals surface area (Å²) in [5.41, 5.74) is -0.316. The Bertz CT molecular complexity index is 1110. The predicted molar refractivity (Wildman–Crippen MR) is 102 cm³/mol. The molecule has 0 radical (unpaired) electrons. The van der Waals surface area contributed by atoms with Crippen LogP contribution in [0.25, 0.3) is 11.0 Å². The van der Waals surface area contributed by atoms with Crippen LogP contribution < -0.4 is 10.3 Å². The van der Waals surface area contributed by atoms with Crippen molar-refractivity contribution in [1.29, 1.82) is 0 Å². The summed E-state index contributed by atoms with van der Waals surface area (Å²) in [5, 5.41) is 0. The molecule has 0 unspecified atom stereocenters. The summed E-state index contributed by atoms with van der Waals surface area (Å²) in [6.45, 7) is 3.60. The van der Waals surface area contributed by atoms with Gasteiger partial charge in [-0.3, -0.25) is 4.79 Å². The monoisotopic (exact) mass is 406 g/mol. The lowest BCUT2D eigenvalue weighted by molar-refractivity contribution is 0.0517. The van der Waals surface area contributed by atoms with Crippen molar-refractivity contribution >= 4 is 26.8 Å². The number of rotatable bonds is 7. The summed E-state index contributed by atoms with van der Waals surface area (Å²) in [7, 11) is -3.28. The zero-order valence-electron chi connectivity index (χ0n) is 15.8. The average Bonchev–Trinajstić information content (AvgIpc) is 3.57. The molecule has 2 saturated carbocycles. The van der Waals surface area contributed by atoms with Gasteiger partial charge in [-0.2, -0.15) is 0 Å². The van der Waals surface area contributed by atoms with Gasteiger partial charge in [0.05, 0.1) is 16.9 Å². The maximum atomic E-state index is 12.9. The number of nitrogens with zero attached hydrogens (tertiary/aromatic N) is 1. The fourth-order valence-electron chi connectivity index (χ4n) is 3.35. The van der Waals surface area contributed by atoms with Crippen LogP contribution in [0.1, 0.15) is 50.0 Å². The highest BCUT2D eigenvalue weighted by Gasteiger charge is 2.65. The third kappa shape index (κ3) is 2.88. The Morgan fingerprint density at radius 1 is 1.25 bits per heavy atom. The van der Waals surface area contributed by atoms with Gasteiger partial charge in [-0.15, -0.1) is 0 Å². The highest BCUT2D eigenvalue weighted by atomic mass is 32.2. The van der Waals surface area contributed by atoms with Crippen molar-refractivity contribution in [2.24, 2.45) is 0 Å². The number of ether oxygens (including phenoxy) is 2. The Labute approximate surface area is 162 Å². The fourth-order valence-corrected chi connectivity index (χ4v) is 5.89. The fraction of sp³-hybridized carbons (Fsp3) is 0.526. The van der Waals surface area contributed by atoms with Crippen LogP contribution in [-0.2, 0) is 14.6 Å². The van der Waals surface area contributed by atoms with E-state index in [4.69, 9.17) is 9.47 Å². The molecular formula is C19H22N2O6S. The van der Waals surface area contributed by atoms with Gasteiger partial charge in [0.15, 0.2) is 9.84 Å². The van der Waals surface area contributed by atoms with E-state index < -0.39 is 30.9 Å². The van der Waals surface area contributed by atoms with Crippen LogP contribution in [0, 0.1) is 0 Å². The van der Waals surface area contributed by atoms with Gasteiger partial charge in [0, 0.05) is 0 Å². The first-order valence-electron chi connectivity index (χ1n) is 9.30. The molecule has 150 valence electrons. The molecule has 1 N–H and O–H groups in total. The molecule has 0 amide bonds. The normalized spacial score (nSPS) is 19.2. The molecule has 9 heteroatoms. The Kier molecular flexibility index (Phi) is 4.26. The lowest BCUT2D eigenvalue weighted by Crippen LogP contribution is -2.38. The molecule has 0 atom stereocenters. The van der Waals surface area contributed by atoms with Gasteiger partial charge >= 0.3 is 5.97 Å². The molecular weight excluding hydrogens is 384 g/mol. The van der Waals surface area contributed by atoms with E-state index in [2.05, 4.69) is 9.97 Å². The highest BCUT2D eigenvalue weighted by Crippen LogP contribution is 2.56. The second kappa shape index (κ2) is 6.30. The molecule has 0 saturated heterocycles. The van der Waals surface area contributed by atoms with Gasteiger partial charge in [-0.05, 0) is 51.7 Å². The maximum absolute atomic E-state index is 12.9. The van der Waals surface area contributed by atoms with Crippen molar-refractivity contribution in [3.63, 3.8) is 0 Å². The van der Waals surface area contributed by atoms with E-state index in [0.29, 0.717) is 42.5 Å². The van der Waals surface area contributed by atoms with E-state index in [9.17, 15) is 18.0 Å². The van der Waals surface area contributed by atoms with E-state index in [-0.39, 0.29) is 18.9 Å². The number of para-hydroxylation sites is 1. The van der Waals surface area contributed by atoms with Crippen LogP contribution in [0.5, 0.6) is 5.75 Å². The number of carbonyl (C=O) groups excluding carboxylic acids is 1. The smallest absolute Gasteiger partial charge is 0.362 e. The van der Waals surface area contributed by atoms with Crippen molar-refractivity contribution in [3.05, 3.63) is 34.2 Å². The number of aromatic amines is 1. The molecule has 2 aliphatic carbocycles. The van der Waals surface area contributed by atoms with Gasteiger partial charge in [0.25, 0.3) is 5.56 Å². The first-order valence-corrected chi connectivity index (χ1v) is 10.8. The lowest BCUT2D eigenvalue weighted by atomic mass is 10.2. The summed E-state index contributed by atoms with van der Waals surface area (Å²) in [5.74, 6) is -0.461. The topological polar surface area (TPSA) is 115 Å². The molecule has 0 spiro atoms. The van der Waals surface area contributed by atoms with Gasteiger partial charge < -0.3 is 14.5 Å². The van der Waals surface area contributed by atoms with Crippen molar-refractivity contribution in [2.45, 2.75) is 49.0 Å². The van der Waals surface area contributed by atoms with E-state index in [1.807, 2.05) is 0 Å². The maximum Gasteiger partial charge on any atom is 0.362 e. The number of H-pyrrole nitrogens is 1. The molecule has 1 aromatic carbocycles. The quantitative estimate of drug-likeness (QED) is 0.699. The van der Waals surface area contributed by atoms with Crippen molar-refractivity contribution in [3.8, 4) is 5.75 Å². The number of hydrogen-bond donors (Lipinski definition) is 1. The molecule has 0 aliphatic heterocycles. The van der Waals surface area contributed by atoms with Crippen LogP contribution in [0.15, 0.2) is 23.0 Å². The Morgan fingerprint density at radius 3 is 2.57 bits per heavy atom. The first kappa shape index (κ1) is 18.9. The number of hydrogen-bond acceptors (Lipinski definition) is 7. The van der Waals surface area contributed by atoms with Crippen molar-refractivity contribution in [2.75, 3.05) is 13.2 Å². The highest BCUT2D eigenvalue weighted by molar-refractivity contribution is 7.94. The summed E-state index contributed by atoms with van der Waals surface area (Å²) >= 11 is 0. The van der Waals surface area contributed by atoms with Crippen LogP contribution in [0.3, 0.4) is 0 Å². The van der Waals surface area contributed by atoms with Gasteiger partial charge in [-0.1, -0.05) is 6.07 Å². The molecule has 2 aromatic rings. The molecule has 8 nitrogen and oxygen atoms in total.